The summed E-state index contributed by atoms with van der Waals surface area (Å²) in [4.78, 5) is 31.7. The number of benzene rings is 2. The second-order valence-electron chi connectivity index (χ2n) is 3.75. The Morgan fingerprint density at radius 1 is 0.737 bits per heavy atom. The van der Waals surface area contributed by atoms with Gasteiger partial charge in [-0.1, -0.05) is 42.5 Å². The van der Waals surface area contributed by atoms with Gasteiger partial charge in [0, 0.05) is 5.56 Å². The predicted octanol–water partition coefficient (Wildman–Crippen LogP) is 2.50. The Bertz CT molecular complexity index is 584. The van der Waals surface area contributed by atoms with Gasteiger partial charge in [0.2, 0.25) is 0 Å². The summed E-state index contributed by atoms with van der Waals surface area (Å²) in [5.41, 5.74) is 1.45. The molecule has 2 aromatic rings. The van der Waals surface area contributed by atoms with Crippen LogP contribution < -0.4 is 0 Å². The molecule has 4 nitrogen and oxygen atoms in total. The summed E-state index contributed by atoms with van der Waals surface area (Å²) >= 11 is 0. The zero-order valence-corrected chi connectivity index (χ0v) is 9.91. The maximum atomic E-state index is 10.8. The molecule has 3 rings (SSSR count). The van der Waals surface area contributed by atoms with E-state index >= 15 is 0 Å². The fourth-order valence-electron chi connectivity index (χ4n) is 1.56. The van der Waals surface area contributed by atoms with E-state index in [1.165, 1.54) is 0 Å². The average molecular weight is 254 g/mol. The average Bonchev–Trinajstić information content (AvgIpc) is 2.76. The monoisotopic (exact) mass is 254 g/mol. The molecule has 0 aliphatic carbocycles. The molecule has 0 spiro atoms. The minimum atomic E-state index is -0.550. The highest BCUT2D eigenvalue weighted by atomic mass is 16.6. The zero-order valence-electron chi connectivity index (χ0n) is 9.91. The van der Waals surface area contributed by atoms with E-state index in [1.807, 2.05) is 18.2 Å². The molecule has 1 aliphatic rings. The van der Waals surface area contributed by atoms with E-state index in [9.17, 15) is 14.4 Å². The molecule has 0 N–H and O–H groups in total. The molecule has 0 saturated carbocycles. The zero-order chi connectivity index (χ0) is 13.7. The summed E-state index contributed by atoms with van der Waals surface area (Å²) in [6, 6.07) is 15.6. The van der Waals surface area contributed by atoms with Crippen molar-refractivity contribution in [3.05, 3.63) is 71.3 Å². The largest absolute Gasteiger partial charge is 0.386 e. The molecule has 94 valence electrons. The Hall–Kier alpha value is -2.75. The van der Waals surface area contributed by atoms with E-state index in [4.69, 9.17) is 0 Å². The molecule has 0 atom stereocenters. The molecule has 4 heteroatoms. The SMILES string of the molecule is O=C1OC(=O)c2ccccc21.O=Cc1ccccc1. The summed E-state index contributed by atoms with van der Waals surface area (Å²) in [6.07, 6.45) is 0.833. The van der Waals surface area contributed by atoms with Gasteiger partial charge in [-0.25, -0.2) is 9.59 Å². The summed E-state index contributed by atoms with van der Waals surface area (Å²) in [6.45, 7) is 0. The topological polar surface area (TPSA) is 60.4 Å². The van der Waals surface area contributed by atoms with Crippen LogP contribution in [0.25, 0.3) is 0 Å². The Balaban J connectivity index is 0.000000148. The molecule has 2 aromatic carbocycles. The van der Waals surface area contributed by atoms with Crippen molar-refractivity contribution in [3.63, 3.8) is 0 Å². The van der Waals surface area contributed by atoms with E-state index < -0.39 is 11.9 Å². The quantitative estimate of drug-likeness (QED) is 0.445. The molecular weight excluding hydrogens is 244 g/mol. The van der Waals surface area contributed by atoms with E-state index in [2.05, 4.69) is 4.74 Å². The minimum absolute atomic E-state index is 0.359. The van der Waals surface area contributed by atoms with Gasteiger partial charge in [0.1, 0.15) is 6.29 Å². The molecule has 0 unspecified atom stereocenters. The standard InChI is InChI=1S/C8H4O3.C7H6O/c9-7-5-3-1-2-4-6(5)8(10)11-7;8-6-7-4-2-1-3-5-7/h1-4H;1-6H. The number of ether oxygens (including phenoxy) is 1. The first-order valence-corrected chi connectivity index (χ1v) is 5.58. The molecular formula is C15H10O4. The Morgan fingerprint density at radius 3 is 1.63 bits per heavy atom. The predicted molar refractivity (Wildman–Crippen MR) is 68.0 cm³/mol. The molecule has 0 bridgehead atoms. The Morgan fingerprint density at radius 2 is 1.21 bits per heavy atom. The van der Waals surface area contributed by atoms with Gasteiger partial charge in [-0.05, 0) is 12.1 Å². The number of hydrogen-bond acceptors (Lipinski definition) is 4. The van der Waals surface area contributed by atoms with Crippen molar-refractivity contribution in [3.8, 4) is 0 Å². The Kier molecular flexibility index (Phi) is 3.83. The summed E-state index contributed by atoms with van der Waals surface area (Å²) < 4.78 is 4.35. The van der Waals surface area contributed by atoms with Gasteiger partial charge < -0.3 is 4.74 Å². The van der Waals surface area contributed by atoms with Gasteiger partial charge in [0.15, 0.2) is 0 Å². The summed E-state index contributed by atoms with van der Waals surface area (Å²) in [7, 11) is 0. The van der Waals surface area contributed by atoms with Crippen LogP contribution in [0.1, 0.15) is 31.1 Å². The number of carbonyl (C=O) groups excluding carboxylic acids is 3. The van der Waals surface area contributed by atoms with Gasteiger partial charge >= 0.3 is 11.9 Å². The van der Waals surface area contributed by atoms with Crippen molar-refractivity contribution >= 4 is 18.2 Å². The summed E-state index contributed by atoms with van der Waals surface area (Å²) in [5.74, 6) is -1.10. The van der Waals surface area contributed by atoms with Gasteiger partial charge in [-0.15, -0.1) is 0 Å². The number of hydrogen-bond donors (Lipinski definition) is 0. The lowest BCUT2D eigenvalue weighted by Gasteiger charge is -1.86. The second-order valence-corrected chi connectivity index (χ2v) is 3.75. The Labute approximate surface area is 109 Å². The van der Waals surface area contributed by atoms with E-state index in [1.54, 1.807) is 36.4 Å². The molecule has 1 aliphatic heterocycles. The number of aldehydes is 1. The van der Waals surface area contributed by atoms with Gasteiger partial charge in [0.05, 0.1) is 11.1 Å². The van der Waals surface area contributed by atoms with Crippen molar-refractivity contribution in [2.75, 3.05) is 0 Å². The lowest BCUT2D eigenvalue weighted by atomic mass is 10.1. The van der Waals surface area contributed by atoms with Crippen molar-refractivity contribution in [1.82, 2.24) is 0 Å². The van der Waals surface area contributed by atoms with Crippen LogP contribution in [0.4, 0.5) is 0 Å². The third kappa shape index (κ3) is 2.93. The third-order valence-corrected chi connectivity index (χ3v) is 2.49. The van der Waals surface area contributed by atoms with Crippen LogP contribution in [0.2, 0.25) is 0 Å². The molecule has 0 fully saturated rings. The smallest absolute Gasteiger partial charge is 0.346 e. The van der Waals surface area contributed by atoms with E-state index in [0.717, 1.165) is 11.8 Å². The van der Waals surface area contributed by atoms with Crippen molar-refractivity contribution < 1.29 is 19.1 Å². The number of fused-ring (bicyclic) bond motifs is 1. The molecule has 1 heterocycles. The van der Waals surface area contributed by atoms with Crippen molar-refractivity contribution in [2.24, 2.45) is 0 Å². The first kappa shape index (κ1) is 12.7. The van der Waals surface area contributed by atoms with Gasteiger partial charge in [-0.3, -0.25) is 4.79 Å². The van der Waals surface area contributed by atoms with Crippen LogP contribution in [-0.2, 0) is 4.74 Å². The van der Waals surface area contributed by atoms with Gasteiger partial charge in [-0.2, -0.15) is 0 Å². The number of cyclic esters (lactones) is 2. The fourth-order valence-corrected chi connectivity index (χ4v) is 1.56. The maximum absolute atomic E-state index is 10.8. The first-order valence-electron chi connectivity index (χ1n) is 5.58. The molecule has 0 aromatic heterocycles. The molecule has 0 radical (unpaired) electrons. The van der Waals surface area contributed by atoms with Gasteiger partial charge in [0.25, 0.3) is 0 Å². The second kappa shape index (κ2) is 5.73. The molecule has 19 heavy (non-hydrogen) atoms. The van der Waals surface area contributed by atoms with Crippen LogP contribution in [0.5, 0.6) is 0 Å². The highest BCUT2D eigenvalue weighted by Crippen LogP contribution is 2.18. The van der Waals surface area contributed by atoms with E-state index in [-0.39, 0.29) is 0 Å². The number of carbonyl (C=O) groups is 3. The maximum Gasteiger partial charge on any atom is 0.346 e. The minimum Gasteiger partial charge on any atom is -0.386 e. The lowest BCUT2D eigenvalue weighted by molar-refractivity contribution is 0.0443. The van der Waals surface area contributed by atoms with Crippen LogP contribution in [0.3, 0.4) is 0 Å². The highest BCUT2D eigenvalue weighted by Gasteiger charge is 2.28. The van der Waals surface area contributed by atoms with Crippen LogP contribution in [0, 0.1) is 0 Å². The normalized spacial score (nSPS) is 12.0. The van der Waals surface area contributed by atoms with Crippen LogP contribution >= 0.6 is 0 Å². The highest BCUT2D eigenvalue weighted by molar-refractivity contribution is 6.14. The molecule has 0 amide bonds. The third-order valence-electron chi connectivity index (χ3n) is 2.49. The number of esters is 2. The fraction of sp³-hybridized carbons (Fsp3) is 0. The summed E-state index contributed by atoms with van der Waals surface area (Å²) in [5, 5.41) is 0. The molecule has 0 saturated heterocycles. The van der Waals surface area contributed by atoms with E-state index in [0.29, 0.717) is 11.1 Å². The first-order chi connectivity index (χ1) is 9.22. The lowest BCUT2D eigenvalue weighted by Crippen LogP contribution is -1.96. The van der Waals surface area contributed by atoms with Crippen molar-refractivity contribution in [1.29, 1.82) is 0 Å². The number of rotatable bonds is 1. The van der Waals surface area contributed by atoms with Crippen LogP contribution in [0.15, 0.2) is 54.6 Å². The van der Waals surface area contributed by atoms with Crippen molar-refractivity contribution in [2.45, 2.75) is 0 Å². The van der Waals surface area contributed by atoms with Crippen LogP contribution in [-0.4, -0.2) is 18.2 Å².